The summed E-state index contributed by atoms with van der Waals surface area (Å²) in [6.07, 6.45) is 1.17. The van der Waals surface area contributed by atoms with E-state index in [1.807, 2.05) is 6.92 Å². The van der Waals surface area contributed by atoms with Crippen LogP contribution in [0.3, 0.4) is 0 Å². The number of hydrogen-bond donors (Lipinski definition) is 1. The van der Waals surface area contributed by atoms with Gasteiger partial charge in [-0.15, -0.1) is 10.2 Å². The van der Waals surface area contributed by atoms with Gasteiger partial charge >= 0.3 is 0 Å². The second-order valence-electron chi connectivity index (χ2n) is 4.33. The molecule has 2 heterocycles. The molecule has 1 saturated heterocycles. The van der Waals surface area contributed by atoms with E-state index in [-0.39, 0.29) is 0 Å². The van der Waals surface area contributed by atoms with E-state index >= 15 is 0 Å². The molecule has 0 spiro atoms. The van der Waals surface area contributed by atoms with Crippen LogP contribution in [0.4, 0.5) is 0 Å². The Morgan fingerprint density at radius 2 is 2.33 bits per heavy atom. The Morgan fingerprint density at radius 1 is 1.53 bits per heavy atom. The van der Waals surface area contributed by atoms with Crippen molar-refractivity contribution >= 4 is 0 Å². The van der Waals surface area contributed by atoms with Crippen molar-refractivity contribution in [3.63, 3.8) is 0 Å². The highest BCUT2D eigenvalue weighted by Crippen LogP contribution is 2.23. The van der Waals surface area contributed by atoms with E-state index in [1.54, 1.807) is 0 Å². The van der Waals surface area contributed by atoms with Gasteiger partial charge < -0.3 is 10.2 Å². The zero-order valence-corrected chi connectivity index (χ0v) is 9.31. The standard InChI is InChI=1S/C10H18N4O/c1-7-3-9(4-11)5-14(7)6-10-13-12-8(2)15-10/h7,9H,3-6,11H2,1-2H3. The van der Waals surface area contributed by atoms with Crippen molar-refractivity contribution in [2.24, 2.45) is 11.7 Å². The zero-order chi connectivity index (χ0) is 10.8. The molecule has 0 radical (unpaired) electrons. The van der Waals surface area contributed by atoms with Gasteiger partial charge in [-0.25, -0.2) is 0 Å². The minimum atomic E-state index is 0.561. The van der Waals surface area contributed by atoms with Gasteiger partial charge in [-0.3, -0.25) is 4.90 Å². The minimum absolute atomic E-state index is 0.561. The lowest BCUT2D eigenvalue weighted by atomic mass is 10.1. The topological polar surface area (TPSA) is 68.2 Å². The predicted octanol–water partition coefficient (Wildman–Crippen LogP) is 0.547. The van der Waals surface area contributed by atoms with Crippen molar-refractivity contribution < 1.29 is 4.42 Å². The summed E-state index contributed by atoms with van der Waals surface area (Å²) in [7, 11) is 0. The van der Waals surface area contributed by atoms with Crippen LogP contribution in [0, 0.1) is 12.8 Å². The number of rotatable bonds is 3. The molecule has 0 saturated carbocycles. The van der Waals surface area contributed by atoms with Crippen molar-refractivity contribution in [3.05, 3.63) is 11.8 Å². The average Bonchev–Trinajstić information content (AvgIpc) is 2.75. The SMILES string of the molecule is Cc1nnc(CN2CC(CN)CC2C)o1. The second kappa shape index (κ2) is 4.28. The molecule has 1 aliphatic rings. The summed E-state index contributed by atoms with van der Waals surface area (Å²) in [4.78, 5) is 2.35. The molecule has 2 atom stereocenters. The normalized spacial score (nSPS) is 27.4. The fourth-order valence-corrected chi connectivity index (χ4v) is 2.18. The molecule has 84 valence electrons. The Bertz CT molecular complexity index is 325. The molecule has 0 bridgehead atoms. The number of aryl methyl sites for hydroxylation is 1. The van der Waals surface area contributed by atoms with Crippen LogP contribution < -0.4 is 5.73 Å². The summed E-state index contributed by atoms with van der Waals surface area (Å²) in [6.45, 7) is 6.59. The minimum Gasteiger partial charge on any atom is -0.424 e. The Balaban J connectivity index is 1.95. The summed E-state index contributed by atoms with van der Waals surface area (Å²) in [5.74, 6) is 1.95. The van der Waals surface area contributed by atoms with E-state index in [2.05, 4.69) is 22.0 Å². The largest absolute Gasteiger partial charge is 0.424 e. The molecule has 15 heavy (non-hydrogen) atoms. The lowest BCUT2D eigenvalue weighted by molar-refractivity contribution is 0.228. The van der Waals surface area contributed by atoms with Crippen molar-refractivity contribution in [1.82, 2.24) is 15.1 Å². The molecule has 1 aliphatic heterocycles. The van der Waals surface area contributed by atoms with Gasteiger partial charge in [0.25, 0.3) is 0 Å². The van der Waals surface area contributed by atoms with Crippen LogP contribution in [0.2, 0.25) is 0 Å². The summed E-state index contributed by atoms with van der Waals surface area (Å²) in [6, 6.07) is 0.561. The highest BCUT2D eigenvalue weighted by atomic mass is 16.4. The first-order valence-electron chi connectivity index (χ1n) is 5.42. The quantitative estimate of drug-likeness (QED) is 0.789. The van der Waals surface area contributed by atoms with Gasteiger partial charge in [-0.1, -0.05) is 0 Å². The lowest BCUT2D eigenvalue weighted by Gasteiger charge is -2.18. The second-order valence-corrected chi connectivity index (χ2v) is 4.33. The molecular weight excluding hydrogens is 192 g/mol. The van der Waals surface area contributed by atoms with E-state index in [0.29, 0.717) is 23.7 Å². The molecule has 1 aromatic rings. The van der Waals surface area contributed by atoms with Crippen LogP contribution in [0.1, 0.15) is 25.1 Å². The van der Waals surface area contributed by atoms with Gasteiger partial charge in [0.2, 0.25) is 11.8 Å². The highest BCUT2D eigenvalue weighted by Gasteiger charge is 2.28. The summed E-state index contributed by atoms with van der Waals surface area (Å²) >= 11 is 0. The van der Waals surface area contributed by atoms with Crippen LogP contribution in [0.5, 0.6) is 0 Å². The Morgan fingerprint density at radius 3 is 2.87 bits per heavy atom. The van der Waals surface area contributed by atoms with Gasteiger partial charge in [0.1, 0.15) is 0 Å². The van der Waals surface area contributed by atoms with Gasteiger partial charge in [0.15, 0.2) is 0 Å². The molecule has 2 rings (SSSR count). The summed E-state index contributed by atoms with van der Waals surface area (Å²) in [5, 5.41) is 7.83. The molecule has 0 aromatic carbocycles. The Kier molecular flexibility index (Phi) is 3.02. The highest BCUT2D eigenvalue weighted by molar-refractivity contribution is 4.87. The third-order valence-electron chi connectivity index (χ3n) is 3.03. The van der Waals surface area contributed by atoms with Crippen molar-refractivity contribution in [2.45, 2.75) is 32.9 Å². The zero-order valence-electron chi connectivity index (χ0n) is 9.31. The maximum absolute atomic E-state index is 5.68. The van der Waals surface area contributed by atoms with Crippen LogP contribution in [0.15, 0.2) is 4.42 Å². The monoisotopic (exact) mass is 210 g/mol. The van der Waals surface area contributed by atoms with Crippen LogP contribution in [0.25, 0.3) is 0 Å². The molecule has 5 nitrogen and oxygen atoms in total. The Hall–Kier alpha value is -0.940. The molecular formula is C10H18N4O. The van der Waals surface area contributed by atoms with Crippen molar-refractivity contribution in [1.29, 1.82) is 0 Å². The molecule has 0 aliphatic carbocycles. The summed E-state index contributed by atoms with van der Waals surface area (Å²) in [5.41, 5.74) is 5.68. The number of aromatic nitrogens is 2. The fourth-order valence-electron chi connectivity index (χ4n) is 2.18. The van der Waals surface area contributed by atoms with E-state index in [0.717, 1.165) is 19.6 Å². The van der Waals surface area contributed by atoms with Crippen molar-refractivity contribution in [3.8, 4) is 0 Å². The van der Waals surface area contributed by atoms with Gasteiger partial charge in [0, 0.05) is 19.5 Å². The van der Waals surface area contributed by atoms with Gasteiger partial charge in [0.05, 0.1) is 6.54 Å². The lowest BCUT2D eigenvalue weighted by Crippen LogP contribution is -2.27. The average molecular weight is 210 g/mol. The predicted molar refractivity (Wildman–Crippen MR) is 56.1 cm³/mol. The van der Waals surface area contributed by atoms with Crippen LogP contribution in [-0.2, 0) is 6.54 Å². The van der Waals surface area contributed by atoms with Crippen LogP contribution >= 0.6 is 0 Å². The van der Waals surface area contributed by atoms with Gasteiger partial charge in [-0.05, 0) is 25.8 Å². The van der Waals surface area contributed by atoms with E-state index in [1.165, 1.54) is 6.42 Å². The summed E-state index contributed by atoms with van der Waals surface area (Å²) < 4.78 is 5.37. The molecule has 2 N–H and O–H groups in total. The Labute approximate surface area is 89.6 Å². The fraction of sp³-hybridized carbons (Fsp3) is 0.800. The molecule has 5 heteroatoms. The van der Waals surface area contributed by atoms with Gasteiger partial charge in [-0.2, -0.15) is 0 Å². The number of nitrogens with zero attached hydrogens (tertiary/aromatic N) is 3. The smallest absolute Gasteiger partial charge is 0.230 e. The molecule has 2 unspecified atom stereocenters. The first kappa shape index (κ1) is 10.6. The first-order valence-corrected chi connectivity index (χ1v) is 5.42. The third-order valence-corrected chi connectivity index (χ3v) is 3.03. The number of nitrogens with two attached hydrogens (primary N) is 1. The van der Waals surface area contributed by atoms with E-state index in [9.17, 15) is 0 Å². The maximum atomic E-state index is 5.68. The molecule has 1 aromatic heterocycles. The number of likely N-dealkylation sites (tertiary alicyclic amines) is 1. The number of hydrogen-bond acceptors (Lipinski definition) is 5. The van der Waals surface area contributed by atoms with Crippen LogP contribution in [-0.4, -0.2) is 34.2 Å². The third kappa shape index (κ3) is 2.35. The first-order chi connectivity index (χ1) is 7.19. The van der Waals surface area contributed by atoms with E-state index in [4.69, 9.17) is 10.2 Å². The van der Waals surface area contributed by atoms with Crippen molar-refractivity contribution in [2.75, 3.05) is 13.1 Å². The molecule has 0 amide bonds. The van der Waals surface area contributed by atoms with E-state index < -0.39 is 0 Å². The maximum Gasteiger partial charge on any atom is 0.230 e. The molecule has 1 fully saturated rings.